The zero-order valence-corrected chi connectivity index (χ0v) is 11.5. The maximum atomic E-state index is 13.4. The summed E-state index contributed by atoms with van der Waals surface area (Å²) in [7, 11) is 0. The van der Waals surface area contributed by atoms with Crippen LogP contribution in [0.5, 0.6) is 5.75 Å². The number of aromatic nitrogens is 1. The molecule has 106 valence electrons. The van der Waals surface area contributed by atoms with Crippen molar-refractivity contribution >= 4 is 17.4 Å². The standard InChI is InChI=1S/C14H13ClF2N2O/c1-2-18-13-7-6-9(15)11(19-13)8-20-12-5-3-4-10(16)14(12)17/h3-7H,2,8H2,1H3,(H,18,19). The number of nitrogens with zero attached hydrogens (tertiary/aromatic N) is 1. The first-order valence-corrected chi connectivity index (χ1v) is 6.45. The molecule has 0 fully saturated rings. The van der Waals surface area contributed by atoms with Crippen molar-refractivity contribution in [3.63, 3.8) is 0 Å². The maximum absolute atomic E-state index is 13.4. The fourth-order valence-corrected chi connectivity index (χ4v) is 1.77. The van der Waals surface area contributed by atoms with Crippen LogP contribution in [-0.2, 0) is 6.61 Å². The van der Waals surface area contributed by atoms with Gasteiger partial charge in [-0.2, -0.15) is 4.39 Å². The Morgan fingerprint density at radius 3 is 2.80 bits per heavy atom. The Morgan fingerprint density at radius 2 is 2.05 bits per heavy atom. The molecule has 6 heteroatoms. The van der Waals surface area contributed by atoms with E-state index in [0.717, 1.165) is 6.07 Å². The lowest BCUT2D eigenvalue weighted by Crippen LogP contribution is -2.05. The van der Waals surface area contributed by atoms with Crippen molar-refractivity contribution in [1.29, 1.82) is 0 Å². The summed E-state index contributed by atoms with van der Waals surface area (Å²) in [4.78, 5) is 4.24. The number of halogens is 3. The number of pyridine rings is 1. The van der Waals surface area contributed by atoms with Crippen LogP contribution in [-0.4, -0.2) is 11.5 Å². The second-order valence-corrected chi connectivity index (χ2v) is 4.40. The Kier molecular flexibility index (Phi) is 4.74. The Morgan fingerprint density at radius 1 is 1.25 bits per heavy atom. The topological polar surface area (TPSA) is 34.1 Å². The Hall–Kier alpha value is -1.88. The summed E-state index contributed by atoms with van der Waals surface area (Å²) < 4.78 is 31.7. The van der Waals surface area contributed by atoms with Gasteiger partial charge in [0.25, 0.3) is 0 Å². The third-order valence-corrected chi connectivity index (χ3v) is 2.90. The third-order valence-electron chi connectivity index (χ3n) is 2.56. The van der Waals surface area contributed by atoms with Gasteiger partial charge < -0.3 is 10.1 Å². The minimum atomic E-state index is -1.02. The van der Waals surface area contributed by atoms with E-state index in [4.69, 9.17) is 16.3 Å². The quantitative estimate of drug-likeness (QED) is 0.905. The summed E-state index contributed by atoms with van der Waals surface area (Å²) in [5.41, 5.74) is 0.453. The van der Waals surface area contributed by atoms with Crippen LogP contribution in [0, 0.1) is 11.6 Å². The molecular weight excluding hydrogens is 286 g/mol. The third kappa shape index (κ3) is 3.36. The van der Waals surface area contributed by atoms with Crippen LogP contribution in [0.15, 0.2) is 30.3 Å². The normalized spacial score (nSPS) is 10.4. The molecule has 2 rings (SSSR count). The zero-order valence-electron chi connectivity index (χ0n) is 10.8. The molecule has 1 heterocycles. The van der Waals surface area contributed by atoms with Gasteiger partial charge in [0.1, 0.15) is 12.4 Å². The van der Waals surface area contributed by atoms with E-state index in [1.807, 2.05) is 6.92 Å². The minimum Gasteiger partial charge on any atom is -0.484 e. The van der Waals surface area contributed by atoms with Crippen molar-refractivity contribution < 1.29 is 13.5 Å². The van der Waals surface area contributed by atoms with Crippen LogP contribution >= 0.6 is 11.6 Å². The molecule has 20 heavy (non-hydrogen) atoms. The number of benzene rings is 1. The van der Waals surface area contributed by atoms with E-state index < -0.39 is 11.6 Å². The lowest BCUT2D eigenvalue weighted by molar-refractivity contribution is 0.281. The fourth-order valence-electron chi connectivity index (χ4n) is 1.61. The van der Waals surface area contributed by atoms with E-state index in [1.165, 1.54) is 12.1 Å². The second kappa shape index (κ2) is 6.52. The summed E-state index contributed by atoms with van der Waals surface area (Å²) in [6, 6.07) is 7.16. The largest absolute Gasteiger partial charge is 0.484 e. The summed E-state index contributed by atoms with van der Waals surface area (Å²) >= 11 is 6.00. The first-order chi connectivity index (χ1) is 9.61. The number of hydrogen-bond acceptors (Lipinski definition) is 3. The minimum absolute atomic E-state index is 0.0432. The average Bonchev–Trinajstić information content (AvgIpc) is 2.44. The average molecular weight is 299 g/mol. The summed E-state index contributed by atoms with van der Waals surface area (Å²) in [5, 5.41) is 3.44. The highest BCUT2D eigenvalue weighted by molar-refractivity contribution is 6.31. The van der Waals surface area contributed by atoms with Crippen LogP contribution in [0.25, 0.3) is 0 Å². The van der Waals surface area contributed by atoms with E-state index in [0.29, 0.717) is 23.1 Å². The molecule has 0 saturated heterocycles. The molecule has 1 N–H and O–H groups in total. The van der Waals surface area contributed by atoms with E-state index >= 15 is 0 Å². The van der Waals surface area contributed by atoms with Gasteiger partial charge in [0.05, 0.1) is 10.7 Å². The molecule has 0 aliphatic carbocycles. The molecule has 0 spiro atoms. The van der Waals surface area contributed by atoms with Gasteiger partial charge in [-0.3, -0.25) is 0 Å². The number of hydrogen-bond donors (Lipinski definition) is 1. The monoisotopic (exact) mass is 298 g/mol. The Bertz CT molecular complexity index is 608. The van der Waals surface area contributed by atoms with Crippen LogP contribution in [0.3, 0.4) is 0 Å². The highest BCUT2D eigenvalue weighted by Gasteiger charge is 2.10. The van der Waals surface area contributed by atoms with Gasteiger partial charge >= 0.3 is 0 Å². The molecule has 0 amide bonds. The first-order valence-electron chi connectivity index (χ1n) is 6.08. The van der Waals surface area contributed by atoms with Gasteiger partial charge in [-0.05, 0) is 31.2 Å². The Labute approximate surface area is 120 Å². The molecule has 0 bridgehead atoms. The van der Waals surface area contributed by atoms with Crippen LogP contribution < -0.4 is 10.1 Å². The fraction of sp³-hybridized carbons (Fsp3) is 0.214. The van der Waals surface area contributed by atoms with Crippen molar-refractivity contribution in [2.24, 2.45) is 0 Å². The van der Waals surface area contributed by atoms with Crippen LogP contribution in [0.1, 0.15) is 12.6 Å². The van der Waals surface area contributed by atoms with Crippen LogP contribution in [0.2, 0.25) is 5.02 Å². The number of rotatable bonds is 5. The SMILES string of the molecule is CCNc1ccc(Cl)c(COc2cccc(F)c2F)n1. The van der Waals surface area contributed by atoms with E-state index in [-0.39, 0.29) is 12.4 Å². The molecule has 0 atom stereocenters. The van der Waals surface area contributed by atoms with Crippen molar-refractivity contribution in [3.8, 4) is 5.75 Å². The lowest BCUT2D eigenvalue weighted by Gasteiger charge is -2.10. The molecule has 0 aliphatic heterocycles. The first kappa shape index (κ1) is 14.5. The maximum Gasteiger partial charge on any atom is 0.200 e. The summed E-state index contributed by atoms with van der Waals surface area (Å²) in [6.07, 6.45) is 0. The molecule has 3 nitrogen and oxygen atoms in total. The molecule has 0 aliphatic rings. The predicted octanol–water partition coefficient (Wildman–Crippen LogP) is 4.02. The molecular formula is C14H13ClF2N2O. The van der Waals surface area contributed by atoms with Gasteiger partial charge in [-0.1, -0.05) is 17.7 Å². The molecule has 2 aromatic rings. The van der Waals surface area contributed by atoms with Gasteiger partial charge in [-0.25, -0.2) is 9.37 Å². The second-order valence-electron chi connectivity index (χ2n) is 4.00. The highest BCUT2D eigenvalue weighted by Crippen LogP contribution is 2.22. The van der Waals surface area contributed by atoms with Crippen molar-refractivity contribution in [2.45, 2.75) is 13.5 Å². The predicted molar refractivity (Wildman–Crippen MR) is 74.1 cm³/mol. The molecule has 0 radical (unpaired) electrons. The molecule has 1 aromatic heterocycles. The van der Waals surface area contributed by atoms with E-state index in [1.54, 1.807) is 12.1 Å². The van der Waals surface area contributed by atoms with Crippen molar-refractivity contribution in [3.05, 3.63) is 52.7 Å². The van der Waals surface area contributed by atoms with Gasteiger partial charge in [0.2, 0.25) is 5.82 Å². The number of anilines is 1. The smallest absolute Gasteiger partial charge is 0.200 e. The van der Waals surface area contributed by atoms with Crippen LogP contribution in [0.4, 0.5) is 14.6 Å². The van der Waals surface area contributed by atoms with Crippen molar-refractivity contribution in [2.75, 3.05) is 11.9 Å². The zero-order chi connectivity index (χ0) is 14.5. The van der Waals surface area contributed by atoms with E-state index in [9.17, 15) is 8.78 Å². The molecule has 0 unspecified atom stereocenters. The lowest BCUT2D eigenvalue weighted by atomic mass is 10.3. The number of ether oxygens (including phenoxy) is 1. The van der Waals surface area contributed by atoms with Gasteiger partial charge in [0.15, 0.2) is 11.6 Å². The number of nitrogens with one attached hydrogen (secondary N) is 1. The molecule has 1 aromatic carbocycles. The molecule has 0 saturated carbocycles. The summed E-state index contributed by atoms with van der Waals surface area (Å²) in [6.45, 7) is 2.61. The van der Waals surface area contributed by atoms with Crippen molar-refractivity contribution in [1.82, 2.24) is 4.98 Å². The highest BCUT2D eigenvalue weighted by atomic mass is 35.5. The summed E-state index contributed by atoms with van der Waals surface area (Å²) in [5.74, 6) is -1.50. The van der Waals surface area contributed by atoms with E-state index in [2.05, 4.69) is 10.3 Å². The van der Waals surface area contributed by atoms with Gasteiger partial charge in [0, 0.05) is 6.54 Å². The Balaban J connectivity index is 2.14. The van der Waals surface area contributed by atoms with Gasteiger partial charge in [-0.15, -0.1) is 0 Å².